The Labute approximate surface area is 235 Å². The first kappa shape index (κ1) is 28.8. The van der Waals surface area contributed by atoms with Gasteiger partial charge in [0.2, 0.25) is 0 Å². The number of benzene rings is 4. The molecule has 0 saturated heterocycles. The molecule has 0 unspecified atom stereocenters. The van der Waals surface area contributed by atoms with Gasteiger partial charge in [-0.15, -0.1) is 0 Å². The Morgan fingerprint density at radius 3 is 2.12 bits per heavy atom. The van der Waals surface area contributed by atoms with Gasteiger partial charge >= 0.3 is 5.97 Å². The van der Waals surface area contributed by atoms with Gasteiger partial charge < -0.3 is 14.6 Å². The van der Waals surface area contributed by atoms with Gasteiger partial charge in [0.1, 0.15) is 5.75 Å². The second-order valence-electron chi connectivity index (χ2n) is 10.2. The van der Waals surface area contributed by atoms with E-state index in [-0.39, 0.29) is 29.8 Å². The van der Waals surface area contributed by atoms with E-state index in [0.29, 0.717) is 24.5 Å². The lowest BCUT2D eigenvalue weighted by Crippen LogP contribution is -2.34. The number of carboxylic acid groups (broad SMARTS) is 1. The molecule has 4 aromatic carbocycles. The van der Waals surface area contributed by atoms with Crippen LogP contribution in [0.1, 0.15) is 35.1 Å². The highest BCUT2D eigenvalue weighted by atomic mass is 19.1. The second kappa shape index (κ2) is 14.3. The predicted molar refractivity (Wildman–Crippen MR) is 155 cm³/mol. The Morgan fingerprint density at radius 1 is 0.850 bits per heavy atom. The maximum Gasteiger partial charge on any atom is 0.307 e. The monoisotopic (exact) mass is 541 g/mol. The lowest BCUT2D eigenvalue weighted by Gasteiger charge is -2.30. The van der Waals surface area contributed by atoms with Gasteiger partial charge in [0.25, 0.3) is 0 Å². The Hall–Kier alpha value is -4.16. The number of hydrogen-bond acceptors (Lipinski definition) is 4. The molecule has 4 aromatic rings. The lowest BCUT2D eigenvalue weighted by atomic mass is 9.90. The molecule has 0 aromatic heterocycles. The van der Waals surface area contributed by atoms with Crippen molar-refractivity contribution in [2.45, 2.75) is 25.8 Å². The number of methoxy groups -OCH3 is 1. The standard InChI is InChI=1S/C34H36FNO4/c1-25(24-40-30-15-9-10-26(18-30)20-34(37)38)21-36(22-27-16-17-33(39-2)32(35)19-27)23-31(28-11-5-3-6-12-28)29-13-7-4-8-14-29/h3-19,25,31H,20-24H2,1-2H3,(H,37,38)/t25-/m1/s1. The van der Waals surface area contributed by atoms with Gasteiger partial charge in [0, 0.05) is 31.5 Å². The van der Waals surface area contributed by atoms with E-state index in [1.807, 2.05) is 30.3 Å². The van der Waals surface area contributed by atoms with Crippen molar-refractivity contribution in [2.75, 3.05) is 26.8 Å². The number of carbonyl (C=O) groups is 1. The minimum atomic E-state index is -0.873. The van der Waals surface area contributed by atoms with Crippen molar-refractivity contribution >= 4 is 5.97 Å². The van der Waals surface area contributed by atoms with Crippen LogP contribution in [-0.2, 0) is 17.8 Å². The predicted octanol–water partition coefficient (Wildman–Crippen LogP) is 6.81. The summed E-state index contributed by atoms with van der Waals surface area (Å²) < 4.78 is 25.8. The molecule has 0 aliphatic carbocycles. The molecule has 0 saturated carbocycles. The van der Waals surface area contributed by atoms with Crippen LogP contribution in [0.5, 0.6) is 11.5 Å². The highest BCUT2D eigenvalue weighted by Crippen LogP contribution is 2.28. The first-order valence-corrected chi connectivity index (χ1v) is 13.5. The second-order valence-corrected chi connectivity index (χ2v) is 10.2. The number of hydrogen-bond donors (Lipinski definition) is 1. The highest BCUT2D eigenvalue weighted by molar-refractivity contribution is 5.70. The summed E-state index contributed by atoms with van der Waals surface area (Å²) in [4.78, 5) is 13.4. The molecule has 1 N–H and O–H groups in total. The van der Waals surface area contributed by atoms with E-state index in [9.17, 15) is 9.18 Å². The molecule has 0 radical (unpaired) electrons. The van der Waals surface area contributed by atoms with Crippen molar-refractivity contribution in [3.63, 3.8) is 0 Å². The van der Waals surface area contributed by atoms with Gasteiger partial charge in [0.15, 0.2) is 11.6 Å². The molecule has 0 spiro atoms. The van der Waals surface area contributed by atoms with Crippen LogP contribution in [0.3, 0.4) is 0 Å². The maximum absolute atomic E-state index is 14.6. The maximum atomic E-state index is 14.6. The summed E-state index contributed by atoms with van der Waals surface area (Å²) in [6, 6.07) is 33.2. The first-order valence-electron chi connectivity index (χ1n) is 13.5. The quantitative estimate of drug-likeness (QED) is 0.190. The summed E-state index contributed by atoms with van der Waals surface area (Å²) in [6.07, 6.45) is -0.0423. The van der Waals surface area contributed by atoms with E-state index in [1.165, 1.54) is 18.2 Å². The largest absolute Gasteiger partial charge is 0.494 e. The number of aliphatic carboxylic acids is 1. The summed E-state index contributed by atoms with van der Waals surface area (Å²) in [7, 11) is 1.47. The minimum absolute atomic E-state index is 0.0423. The zero-order valence-electron chi connectivity index (χ0n) is 23.0. The van der Waals surface area contributed by atoms with Crippen molar-refractivity contribution in [3.05, 3.63) is 131 Å². The van der Waals surface area contributed by atoms with Crippen LogP contribution in [0.15, 0.2) is 103 Å². The zero-order valence-corrected chi connectivity index (χ0v) is 23.0. The summed E-state index contributed by atoms with van der Waals surface area (Å²) in [6.45, 7) is 4.61. The molecule has 0 fully saturated rings. The molecular formula is C34H36FNO4. The molecule has 208 valence electrons. The smallest absolute Gasteiger partial charge is 0.307 e. The average Bonchev–Trinajstić information content (AvgIpc) is 2.95. The van der Waals surface area contributed by atoms with E-state index in [0.717, 1.165) is 18.7 Å². The fraction of sp³-hybridized carbons (Fsp3) is 0.265. The summed E-state index contributed by atoms with van der Waals surface area (Å²) in [5.74, 6) is -0.0815. The number of carboxylic acids is 1. The van der Waals surface area contributed by atoms with Crippen molar-refractivity contribution in [1.29, 1.82) is 0 Å². The molecular weight excluding hydrogens is 505 g/mol. The SMILES string of the molecule is COc1ccc(CN(CC(c2ccccc2)c2ccccc2)C[C@@H](C)COc2cccc(CC(=O)O)c2)cc1F. The summed E-state index contributed by atoms with van der Waals surface area (Å²) in [5.41, 5.74) is 4.01. The van der Waals surface area contributed by atoms with E-state index < -0.39 is 5.97 Å². The topological polar surface area (TPSA) is 59.0 Å². The third-order valence-electron chi connectivity index (χ3n) is 6.83. The third kappa shape index (κ3) is 8.42. The van der Waals surface area contributed by atoms with Gasteiger partial charge in [-0.1, -0.05) is 85.8 Å². The van der Waals surface area contributed by atoms with E-state index >= 15 is 0 Å². The highest BCUT2D eigenvalue weighted by Gasteiger charge is 2.21. The van der Waals surface area contributed by atoms with Crippen LogP contribution >= 0.6 is 0 Å². The molecule has 40 heavy (non-hydrogen) atoms. The van der Waals surface area contributed by atoms with Crippen LogP contribution < -0.4 is 9.47 Å². The van der Waals surface area contributed by atoms with Crippen molar-refractivity contribution in [1.82, 2.24) is 4.90 Å². The van der Waals surface area contributed by atoms with E-state index in [1.54, 1.807) is 24.3 Å². The van der Waals surface area contributed by atoms with Crippen molar-refractivity contribution in [2.24, 2.45) is 5.92 Å². The Kier molecular flexibility index (Phi) is 10.3. The van der Waals surface area contributed by atoms with Crippen LogP contribution in [0.4, 0.5) is 4.39 Å². The van der Waals surface area contributed by atoms with Crippen LogP contribution in [0.2, 0.25) is 0 Å². The van der Waals surface area contributed by atoms with E-state index in [4.69, 9.17) is 14.6 Å². The van der Waals surface area contributed by atoms with Gasteiger partial charge in [0.05, 0.1) is 20.1 Å². The van der Waals surface area contributed by atoms with Gasteiger partial charge in [-0.2, -0.15) is 0 Å². The first-order chi connectivity index (χ1) is 19.4. The Bertz CT molecular complexity index is 1320. The van der Waals surface area contributed by atoms with Crippen LogP contribution in [-0.4, -0.2) is 42.8 Å². The fourth-order valence-electron chi connectivity index (χ4n) is 4.95. The number of rotatable bonds is 14. The molecule has 1 atom stereocenters. The van der Waals surface area contributed by atoms with Crippen molar-refractivity contribution in [3.8, 4) is 11.5 Å². The molecule has 0 heterocycles. The van der Waals surface area contributed by atoms with Gasteiger partial charge in [-0.3, -0.25) is 9.69 Å². The van der Waals surface area contributed by atoms with E-state index in [2.05, 4.69) is 60.4 Å². The third-order valence-corrected chi connectivity index (χ3v) is 6.83. The summed E-state index contributed by atoms with van der Waals surface area (Å²) >= 11 is 0. The molecule has 6 heteroatoms. The van der Waals surface area contributed by atoms with Crippen LogP contribution in [0, 0.1) is 11.7 Å². The number of halogens is 1. The molecule has 0 amide bonds. The lowest BCUT2D eigenvalue weighted by molar-refractivity contribution is -0.136. The molecule has 4 rings (SSSR count). The normalized spacial score (nSPS) is 11.9. The van der Waals surface area contributed by atoms with Crippen molar-refractivity contribution < 1.29 is 23.8 Å². The number of ether oxygens (including phenoxy) is 2. The average molecular weight is 542 g/mol. The molecule has 0 aliphatic rings. The summed E-state index contributed by atoms with van der Waals surface area (Å²) in [5, 5.41) is 9.10. The van der Waals surface area contributed by atoms with Gasteiger partial charge in [-0.25, -0.2) is 4.39 Å². The van der Waals surface area contributed by atoms with Crippen LogP contribution in [0.25, 0.3) is 0 Å². The molecule has 0 aliphatic heterocycles. The number of nitrogens with zero attached hydrogens (tertiary/aromatic N) is 1. The molecule has 0 bridgehead atoms. The zero-order chi connectivity index (χ0) is 28.3. The fourth-order valence-corrected chi connectivity index (χ4v) is 4.95. The minimum Gasteiger partial charge on any atom is -0.494 e. The Balaban J connectivity index is 1.53. The Morgan fingerprint density at radius 2 is 1.52 bits per heavy atom. The van der Waals surface area contributed by atoms with Gasteiger partial charge in [-0.05, 0) is 46.5 Å². The molecule has 5 nitrogen and oxygen atoms in total.